The van der Waals surface area contributed by atoms with Crippen LogP contribution in [0.3, 0.4) is 0 Å². The van der Waals surface area contributed by atoms with E-state index in [4.69, 9.17) is 0 Å². The number of anilines is 3. The van der Waals surface area contributed by atoms with Gasteiger partial charge in [0.05, 0.1) is 11.0 Å². The van der Waals surface area contributed by atoms with Crippen molar-refractivity contribution in [2.75, 3.05) is 4.90 Å². The Morgan fingerprint density at radius 1 is 0.270 bits per heavy atom. The average Bonchev–Trinajstić information content (AvgIpc) is 3.70. The Bertz CT molecular complexity index is 3180. The van der Waals surface area contributed by atoms with E-state index in [1.807, 2.05) is 0 Å². The molecule has 11 rings (SSSR count). The summed E-state index contributed by atoms with van der Waals surface area (Å²) in [7, 11) is -2.61. The van der Waals surface area contributed by atoms with Gasteiger partial charge in [-0.15, -0.1) is 0 Å². The number of hydrogen-bond donors (Lipinski definition) is 0. The molecule has 1 heterocycles. The maximum atomic E-state index is 2.38. The number of para-hydroxylation sites is 2. The summed E-state index contributed by atoms with van der Waals surface area (Å²) in [5, 5.41) is 7.93. The fourth-order valence-corrected chi connectivity index (χ4v) is 14.4. The molecule has 0 saturated heterocycles. The lowest BCUT2D eigenvalue weighted by atomic mass is 10.0. The zero-order valence-corrected chi connectivity index (χ0v) is 35.8. The molecule has 0 spiro atoms. The molecule has 63 heavy (non-hydrogen) atoms. The van der Waals surface area contributed by atoms with Gasteiger partial charge < -0.3 is 9.47 Å². The Kier molecular flexibility index (Phi) is 9.93. The molecule has 2 nitrogen and oxygen atoms in total. The van der Waals surface area contributed by atoms with Gasteiger partial charge in [-0.25, -0.2) is 0 Å². The molecule has 298 valence electrons. The Hall–Kier alpha value is -7.98. The lowest BCUT2D eigenvalue weighted by Gasteiger charge is -2.34. The number of benzene rings is 10. The number of nitrogens with zero attached hydrogens (tertiary/aromatic N) is 2. The summed E-state index contributed by atoms with van der Waals surface area (Å²) in [5.41, 5.74) is 11.6. The van der Waals surface area contributed by atoms with Crippen LogP contribution in [0, 0.1) is 0 Å². The summed E-state index contributed by atoms with van der Waals surface area (Å²) in [6.45, 7) is 0. The van der Waals surface area contributed by atoms with E-state index >= 15 is 0 Å². The molecule has 0 bridgehead atoms. The van der Waals surface area contributed by atoms with E-state index in [1.54, 1.807) is 0 Å². The van der Waals surface area contributed by atoms with Crippen LogP contribution in [0.25, 0.3) is 49.7 Å². The molecule has 0 aliphatic carbocycles. The molecule has 0 aliphatic rings. The van der Waals surface area contributed by atoms with Crippen LogP contribution in [0.5, 0.6) is 0 Å². The minimum atomic E-state index is -2.61. The molecule has 11 aromatic rings. The Morgan fingerprint density at radius 2 is 0.635 bits per heavy atom. The zero-order chi connectivity index (χ0) is 42.0. The maximum Gasteiger partial charge on any atom is 0.179 e. The van der Waals surface area contributed by atoms with Crippen molar-refractivity contribution in [3.63, 3.8) is 0 Å². The van der Waals surface area contributed by atoms with Crippen LogP contribution >= 0.6 is 0 Å². The van der Waals surface area contributed by atoms with Gasteiger partial charge in [0, 0.05) is 33.5 Å². The first-order chi connectivity index (χ1) is 31.3. The lowest BCUT2D eigenvalue weighted by molar-refractivity contribution is 1.18. The Balaban J connectivity index is 1.00. The van der Waals surface area contributed by atoms with Crippen LogP contribution in [0.15, 0.2) is 267 Å². The van der Waals surface area contributed by atoms with Crippen molar-refractivity contribution in [1.29, 1.82) is 0 Å². The number of aromatic nitrogens is 1. The molecule has 10 aromatic carbocycles. The molecular formula is C60H44N2Si. The smallest absolute Gasteiger partial charge is 0.179 e. The molecular weight excluding hydrogens is 777 g/mol. The topological polar surface area (TPSA) is 8.17 Å². The minimum Gasteiger partial charge on any atom is -0.310 e. The second-order valence-electron chi connectivity index (χ2n) is 16.1. The highest BCUT2D eigenvalue weighted by atomic mass is 28.3. The first-order valence-electron chi connectivity index (χ1n) is 21.7. The summed E-state index contributed by atoms with van der Waals surface area (Å²) in [5.74, 6) is 0. The molecule has 3 heteroatoms. The molecule has 1 aromatic heterocycles. The monoisotopic (exact) mass is 820 g/mol. The van der Waals surface area contributed by atoms with Crippen LogP contribution in [-0.2, 0) is 0 Å². The molecule has 0 fully saturated rings. The van der Waals surface area contributed by atoms with Crippen molar-refractivity contribution >= 4 is 67.7 Å². The zero-order valence-electron chi connectivity index (χ0n) is 34.8. The quantitative estimate of drug-likeness (QED) is 0.0985. The highest BCUT2D eigenvalue weighted by Crippen LogP contribution is 2.40. The molecule has 0 radical (unpaired) electrons. The average molecular weight is 821 g/mol. The first kappa shape index (κ1) is 38.0. The van der Waals surface area contributed by atoms with Gasteiger partial charge in [0.2, 0.25) is 0 Å². The molecule has 0 N–H and O–H groups in total. The van der Waals surface area contributed by atoms with Crippen LogP contribution in [0.1, 0.15) is 0 Å². The summed E-state index contributed by atoms with van der Waals surface area (Å²) < 4.78 is 2.37. The van der Waals surface area contributed by atoms with Gasteiger partial charge in [-0.3, -0.25) is 0 Å². The highest BCUT2D eigenvalue weighted by molar-refractivity contribution is 7.19. The first-order valence-corrected chi connectivity index (χ1v) is 23.7. The largest absolute Gasteiger partial charge is 0.310 e. The lowest BCUT2D eigenvalue weighted by Crippen LogP contribution is -2.74. The van der Waals surface area contributed by atoms with Crippen molar-refractivity contribution in [2.45, 2.75) is 0 Å². The van der Waals surface area contributed by atoms with E-state index in [0.717, 1.165) is 22.7 Å². The van der Waals surface area contributed by atoms with E-state index in [9.17, 15) is 0 Å². The second kappa shape index (κ2) is 16.5. The van der Waals surface area contributed by atoms with Crippen molar-refractivity contribution in [2.24, 2.45) is 0 Å². The van der Waals surface area contributed by atoms with E-state index in [0.29, 0.717) is 0 Å². The van der Waals surface area contributed by atoms with Gasteiger partial charge in [-0.1, -0.05) is 206 Å². The number of hydrogen-bond acceptors (Lipinski definition) is 1. The predicted molar refractivity (Wildman–Crippen MR) is 270 cm³/mol. The summed E-state index contributed by atoms with van der Waals surface area (Å²) in [6, 6.07) is 97.7. The van der Waals surface area contributed by atoms with E-state index in [2.05, 4.69) is 276 Å². The van der Waals surface area contributed by atoms with Gasteiger partial charge in [-0.2, -0.15) is 0 Å². The van der Waals surface area contributed by atoms with Gasteiger partial charge in [-0.05, 0) is 104 Å². The summed E-state index contributed by atoms with van der Waals surface area (Å²) in [6.07, 6.45) is 0. The van der Waals surface area contributed by atoms with Crippen LogP contribution < -0.4 is 25.6 Å². The third kappa shape index (κ3) is 6.86. The summed E-state index contributed by atoms with van der Waals surface area (Å²) in [4.78, 5) is 2.38. The molecule has 0 amide bonds. The third-order valence-electron chi connectivity index (χ3n) is 12.6. The third-order valence-corrected chi connectivity index (χ3v) is 17.4. The van der Waals surface area contributed by atoms with E-state index in [-0.39, 0.29) is 0 Å². The molecule has 0 unspecified atom stereocenters. The van der Waals surface area contributed by atoms with Gasteiger partial charge in [0.1, 0.15) is 0 Å². The Labute approximate surface area is 370 Å². The fourth-order valence-electron chi connectivity index (χ4n) is 9.62. The number of rotatable bonds is 10. The summed E-state index contributed by atoms with van der Waals surface area (Å²) >= 11 is 0. The highest BCUT2D eigenvalue weighted by Gasteiger charge is 2.41. The van der Waals surface area contributed by atoms with Gasteiger partial charge >= 0.3 is 0 Å². The predicted octanol–water partition coefficient (Wildman–Crippen LogP) is 13.0. The molecule has 0 aliphatic heterocycles. The standard InChI is InChI=1S/C60H44N2Si/c1-6-18-45(19-7-1)46-30-36-50(37-31-46)61(52-40-43-60-58(44-52)57-28-16-17-29-59(57)62(60)49-20-8-2-9-21-49)51-38-32-47(33-39-51)48-34-41-56(42-35-48)63(53-22-10-3-11-23-53,54-24-12-4-13-25-54)55-26-14-5-15-27-55/h1-44H. The van der Waals surface area contributed by atoms with E-state index < -0.39 is 8.07 Å². The Morgan fingerprint density at radius 3 is 1.14 bits per heavy atom. The SMILES string of the molecule is c1ccc(-c2ccc(N(c3ccc(-c4ccc([Si](c5ccccc5)(c5ccccc5)c5ccccc5)cc4)cc3)c3ccc4c(c3)c3ccccc3n4-c3ccccc3)cc2)cc1. The van der Waals surface area contributed by atoms with Crippen molar-refractivity contribution in [3.05, 3.63) is 267 Å². The number of fused-ring (bicyclic) bond motifs is 3. The fraction of sp³-hybridized carbons (Fsp3) is 0. The molecule has 0 atom stereocenters. The van der Waals surface area contributed by atoms with Crippen LogP contribution in [-0.4, -0.2) is 12.6 Å². The van der Waals surface area contributed by atoms with Crippen LogP contribution in [0.4, 0.5) is 17.1 Å². The second-order valence-corrected chi connectivity index (χ2v) is 19.9. The molecule has 0 saturated carbocycles. The van der Waals surface area contributed by atoms with Gasteiger partial charge in [0.15, 0.2) is 8.07 Å². The van der Waals surface area contributed by atoms with E-state index in [1.165, 1.54) is 64.8 Å². The van der Waals surface area contributed by atoms with Crippen LogP contribution in [0.2, 0.25) is 0 Å². The van der Waals surface area contributed by atoms with Gasteiger partial charge in [0.25, 0.3) is 0 Å². The van der Waals surface area contributed by atoms with Crippen molar-refractivity contribution in [3.8, 4) is 27.9 Å². The minimum absolute atomic E-state index is 1.10. The maximum absolute atomic E-state index is 2.61. The van der Waals surface area contributed by atoms with Crippen molar-refractivity contribution < 1.29 is 0 Å². The normalized spacial score (nSPS) is 11.5. The van der Waals surface area contributed by atoms with Crippen molar-refractivity contribution in [1.82, 2.24) is 4.57 Å².